The molecule has 1 aromatic rings. The van der Waals surface area contributed by atoms with E-state index >= 15 is 0 Å². The van der Waals surface area contributed by atoms with Crippen LogP contribution in [0.4, 0.5) is 0 Å². The van der Waals surface area contributed by atoms with Crippen molar-refractivity contribution in [2.24, 2.45) is 5.73 Å². The molecule has 0 unspecified atom stereocenters. The second-order valence-electron chi connectivity index (χ2n) is 4.55. The number of hydrogen-bond acceptors (Lipinski definition) is 2. The zero-order chi connectivity index (χ0) is 10.7. The van der Waals surface area contributed by atoms with E-state index in [0.717, 1.165) is 6.42 Å². The SMILES string of the molecule is C[C@@H]1CCC[C@H](N)[C@@H](c2ccccc2)N1. The highest BCUT2D eigenvalue weighted by Crippen LogP contribution is 2.23. The molecule has 1 aliphatic heterocycles. The predicted octanol–water partition coefficient (Wildman–Crippen LogP) is 2.22. The Morgan fingerprint density at radius 2 is 1.93 bits per heavy atom. The first-order chi connectivity index (χ1) is 7.27. The molecule has 0 spiro atoms. The van der Waals surface area contributed by atoms with Crippen LogP contribution in [-0.4, -0.2) is 12.1 Å². The molecule has 1 aliphatic rings. The molecule has 1 fully saturated rings. The van der Waals surface area contributed by atoms with Crippen LogP contribution in [0.25, 0.3) is 0 Å². The molecule has 15 heavy (non-hydrogen) atoms. The van der Waals surface area contributed by atoms with E-state index < -0.39 is 0 Å². The molecular weight excluding hydrogens is 184 g/mol. The highest BCUT2D eigenvalue weighted by atomic mass is 15.0. The summed E-state index contributed by atoms with van der Waals surface area (Å²) in [5, 5.41) is 3.62. The first-order valence-corrected chi connectivity index (χ1v) is 5.84. The maximum absolute atomic E-state index is 6.21. The van der Waals surface area contributed by atoms with E-state index in [-0.39, 0.29) is 6.04 Å². The molecule has 82 valence electrons. The van der Waals surface area contributed by atoms with Crippen LogP contribution in [-0.2, 0) is 0 Å². The monoisotopic (exact) mass is 204 g/mol. The average molecular weight is 204 g/mol. The second-order valence-corrected chi connectivity index (χ2v) is 4.55. The van der Waals surface area contributed by atoms with E-state index in [1.165, 1.54) is 18.4 Å². The van der Waals surface area contributed by atoms with Gasteiger partial charge < -0.3 is 11.1 Å². The molecule has 0 radical (unpaired) electrons. The van der Waals surface area contributed by atoms with Crippen molar-refractivity contribution >= 4 is 0 Å². The fraction of sp³-hybridized carbons (Fsp3) is 0.538. The second kappa shape index (κ2) is 4.77. The van der Waals surface area contributed by atoms with Crippen LogP contribution in [0.15, 0.2) is 30.3 Å². The summed E-state index contributed by atoms with van der Waals surface area (Å²) < 4.78 is 0. The molecule has 1 aromatic carbocycles. The van der Waals surface area contributed by atoms with Crippen molar-refractivity contribution in [3.63, 3.8) is 0 Å². The van der Waals surface area contributed by atoms with Crippen LogP contribution in [0.2, 0.25) is 0 Å². The van der Waals surface area contributed by atoms with Gasteiger partial charge in [0.15, 0.2) is 0 Å². The lowest BCUT2D eigenvalue weighted by Crippen LogP contribution is -2.39. The summed E-state index contributed by atoms with van der Waals surface area (Å²) in [6.07, 6.45) is 3.59. The highest BCUT2D eigenvalue weighted by Gasteiger charge is 2.23. The molecule has 1 saturated heterocycles. The number of rotatable bonds is 1. The maximum Gasteiger partial charge on any atom is 0.0475 e. The van der Waals surface area contributed by atoms with Gasteiger partial charge >= 0.3 is 0 Å². The van der Waals surface area contributed by atoms with Gasteiger partial charge in [0.1, 0.15) is 0 Å². The predicted molar refractivity (Wildman–Crippen MR) is 63.6 cm³/mol. The summed E-state index contributed by atoms with van der Waals surface area (Å²) >= 11 is 0. The molecule has 0 aromatic heterocycles. The van der Waals surface area contributed by atoms with Gasteiger partial charge in [-0.2, -0.15) is 0 Å². The number of benzene rings is 1. The molecule has 0 amide bonds. The molecule has 2 rings (SSSR count). The van der Waals surface area contributed by atoms with E-state index in [2.05, 4.69) is 42.6 Å². The van der Waals surface area contributed by atoms with E-state index in [9.17, 15) is 0 Å². The van der Waals surface area contributed by atoms with Crippen molar-refractivity contribution in [2.75, 3.05) is 0 Å². The Bertz CT molecular complexity index is 297. The average Bonchev–Trinajstić information content (AvgIpc) is 2.42. The molecule has 0 bridgehead atoms. The van der Waals surface area contributed by atoms with Crippen molar-refractivity contribution in [3.05, 3.63) is 35.9 Å². The standard InChI is InChI=1S/C13H20N2/c1-10-6-5-9-12(14)13(15-10)11-7-3-2-4-8-11/h2-4,7-8,10,12-13,15H,5-6,9,14H2,1H3/t10-,12+,13-/m1/s1. The maximum atomic E-state index is 6.21. The Kier molecular flexibility index (Phi) is 3.39. The number of nitrogens with one attached hydrogen (secondary N) is 1. The fourth-order valence-corrected chi connectivity index (χ4v) is 2.34. The van der Waals surface area contributed by atoms with Crippen LogP contribution in [0.3, 0.4) is 0 Å². The summed E-state index contributed by atoms with van der Waals surface area (Å²) in [4.78, 5) is 0. The smallest absolute Gasteiger partial charge is 0.0475 e. The Morgan fingerprint density at radius 1 is 1.20 bits per heavy atom. The van der Waals surface area contributed by atoms with E-state index in [0.29, 0.717) is 12.1 Å². The van der Waals surface area contributed by atoms with Gasteiger partial charge in [0.2, 0.25) is 0 Å². The minimum atomic E-state index is 0.248. The van der Waals surface area contributed by atoms with Gasteiger partial charge in [-0.3, -0.25) is 0 Å². The summed E-state index contributed by atoms with van der Waals surface area (Å²) in [5.41, 5.74) is 7.53. The highest BCUT2D eigenvalue weighted by molar-refractivity contribution is 5.21. The lowest BCUT2D eigenvalue weighted by atomic mass is 9.98. The third-order valence-electron chi connectivity index (χ3n) is 3.23. The van der Waals surface area contributed by atoms with Crippen molar-refractivity contribution < 1.29 is 0 Å². The Labute approximate surface area is 91.9 Å². The lowest BCUT2D eigenvalue weighted by molar-refractivity contribution is 0.424. The van der Waals surface area contributed by atoms with Crippen LogP contribution in [0, 0.1) is 0 Å². The molecule has 1 heterocycles. The van der Waals surface area contributed by atoms with Gasteiger partial charge in [-0.05, 0) is 25.3 Å². The van der Waals surface area contributed by atoms with E-state index in [1.54, 1.807) is 0 Å². The van der Waals surface area contributed by atoms with Crippen molar-refractivity contribution in [2.45, 2.75) is 44.3 Å². The third kappa shape index (κ3) is 2.58. The summed E-state index contributed by atoms with van der Waals surface area (Å²) in [6, 6.07) is 11.7. The normalized spacial score (nSPS) is 32.3. The lowest BCUT2D eigenvalue weighted by Gasteiger charge is -2.25. The van der Waals surface area contributed by atoms with Gasteiger partial charge in [0.25, 0.3) is 0 Å². The Morgan fingerprint density at radius 3 is 2.67 bits per heavy atom. The number of nitrogens with two attached hydrogens (primary N) is 1. The largest absolute Gasteiger partial charge is 0.326 e. The van der Waals surface area contributed by atoms with E-state index in [4.69, 9.17) is 5.73 Å². The minimum absolute atomic E-state index is 0.248. The quantitative estimate of drug-likeness (QED) is 0.736. The molecule has 0 aliphatic carbocycles. The zero-order valence-corrected chi connectivity index (χ0v) is 9.32. The van der Waals surface area contributed by atoms with Gasteiger partial charge in [-0.25, -0.2) is 0 Å². The molecule has 2 heteroatoms. The van der Waals surface area contributed by atoms with Gasteiger partial charge in [-0.1, -0.05) is 36.8 Å². The van der Waals surface area contributed by atoms with Gasteiger partial charge in [0, 0.05) is 18.1 Å². The molecule has 3 atom stereocenters. The molecular formula is C13H20N2. The van der Waals surface area contributed by atoms with Crippen LogP contribution >= 0.6 is 0 Å². The first-order valence-electron chi connectivity index (χ1n) is 5.84. The molecule has 2 nitrogen and oxygen atoms in total. The first kappa shape index (κ1) is 10.7. The summed E-state index contributed by atoms with van der Waals surface area (Å²) in [6.45, 7) is 2.24. The van der Waals surface area contributed by atoms with Gasteiger partial charge in [0.05, 0.1) is 0 Å². The fourth-order valence-electron chi connectivity index (χ4n) is 2.34. The van der Waals surface area contributed by atoms with Crippen LogP contribution in [0.5, 0.6) is 0 Å². The van der Waals surface area contributed by atoms with Crippen molar-refractivity contribution in [3.8, 4) is 0 Å². The Balaban J connectivity index is 2.18. The van der Waals surface area contributed by atoms with E-state index in [1.807, 2.05) is 0 Å². The van der Waals surface area contributed by atoms with Crippen LogP contribution in [0.1, 0.15) is 37.8 Å². The third-order valence-corrected chi connectivity index (χ3v) is 3.23. The summed E-state index contributed by atoms with van der Waals surface area (Å²) in [5.74, 6) is 0. The van der Waals surface area contributed by atoms with Crippen molar-refractivity contribution in [1.82, 2.24) is 5.32 Å². The topological polar surface area (TPSA) is 38.0 Å². The van der Waals surface area contributed by atoms with Crippen molar-refractivity contribution in [1.29, 1.82) is 0 Å². The van der Waals surface area contributed by atoms with Crippen LogP contribution < -0.4 is 11.1 Å². The molecule has 3 N–H and O–H groups in total. The zero-order valence-electron chi connectivity index (χ0n) is 9.32. The van der Waals surface area contributed by atoms with Gasteiger partial charge in [-0.15, -0.1) is 0 Å². The molecule has 0 saturated carbocycles. The Hall–Kier alpha value is -0.860. The number of hydrogen-bond donors (Lipinski definition) is 2. The minimum Gasteiger partial charge on any atom is -0.326 e. The summed E-state index contributed by atoms with van der Waals surface area (Å²) in [7, 11) is 0.